The molecule has 172 valence electrons. The first-order valence-corrected chi connectivity index (χ1v) is 12.8. The van der Waals surface area contributed by atoms with Gasteiger partial charge in [0.1, 0.15) is 10.9 Å². The van der Waals surface area contributed by atoms with E-state index >= 15 is 0 Å². The quantitative estimate of drug-likeness (QED) is 0.761. The number of rotatable bonds is 3. The van der Waals surface area contributed by atoms with E-state index in [1.807, 2.05) is 12.1 Å². The second-order valence-electron chi connectivity index (χ2n) is 8.44. The summed E-state index contributed by atoms with van der Waals surface area (Å²) < 4.78 is 28.6. The lowest BCUT2D eigenvalue weighted by Gasteiger charge is -2.30. The number of carbonyl (C=O) groups excluding carboxylic acids is 2. The molecule has 0 saturated carbocycles. The number of benzene rings is 1. The number of aromatic nitrogens is 1. The molecule has 0 bridgehead atoms. The minimum absolute atomic E-state index is 0.0672. The molecule has 0 radical (unpaired) electrons. The minimum Gasteiger partial charge on any atom is -0.356 e. The maximum absolute atomic E-state index is 13.6. The highest BCUT2D eigenvalue weighted by Gasteiger charge is 2.41. The van der Waals surface area contributed by atoms with Crippen LogP contribution in [0.25, 0.3) is 10.9 Å². The zero-order valence-electron chi connectivity index (χ0n) is 18.2. The van der Waals surface area contributed by atoms with E-state index in [4.69, 9.17) is 0 Å². The van der Waals surface area contributed by atoms with E-state index in [2.05, 4.69) is 10.3 Å². The molecule has 2 fully saturated rings. The van der Waals surface area contributed by atoms with Gasteiger partial charge in [0.15, 0.2) is 0 Å². The highest BCUT2D eigenvalue weighted by Crippen LogP contribution is 2.30. The molecule has 8 nitrogen and oxygen atoms in total. The molecule has 4 rings (SSSR count). The fourth-order valence-electron chi connectivity index (χ4n) is 4.56. The van der Waals surface area contributed by atoms with Gasteiger partial charge in [-0.2, -0.15) is 4.31 Å². The lowest BCUT2D eigenvalue weighted by atomic mass is 10.1. The van der Waals surface area contributed by atoms with Crippen LogP contribution in [0.15, 0.2) is 41.4 Å². The molecular weight excluding hydrogens is 428 g/mol. The van der Waals surface area contributed by atoms with Gasteiger partial charge in [-0.15, -0.1) is 0 Å². The predicted molar refractivity (Wildman–Crippen MR) is 121 cm³/mol. The van der Waals surface area contributed by atoms with Gasteiger partial charge in [0.05, 0.1) is 5.52 Å². The van der Waals surface area contributed by atoms with Crippen LogP contribution in [0, 0.1) is 0 Å². The van der Waals surface area contributed by atoms with Crippen molar-refractivity contribution in [1.29, 1.82) is 0 Å². The third kappa shape index (κ3) is 4.78. The molecule has 2 aliphatic rings. The van der Waals surface area contributed by atoms with Gasteiger partial charge in [-0.1, -0.05) is 31.0 Å². The Bertz CT molecular complexity index is 1080. The Morgan fingerprint density at radius 1 is 1.00 bits per heavy atom. The van der Waals surface area contributed by atoms with E-state index in [0.29, 0.717) is 44.5 Å². The maximum atomic E-state index is 13.6. The molecule has 1 N–H and O–H groups in total. The molecule has 0 spiro atoms. The van der Waals surface area contributed by atoms with E-state index in [0.717, 1.165) is 31.1 Å². The Kier molecular flexibility index (Phi) is 7.05. The highest BCUT2D eigenvalue weighted by molar-refractivity contribution is 7.89. The molecule has 1 aromatic carbocycles. The number of pyridine rings is 1. The normalized spacial score (nSPS) is 21.8. The average molecular weight is 459 g/mol. The van der Waals surface area contributed by atoms with E-state index in [1.54, 1.807) is 29.3 Å². The summed E-state index contributed by atoms with van der Waals surface area (Å²) in [6.45, 7) is 1.83. The van der Waals surface area contributed by atoms with Crippen LogP contribution < -0.4 is 5.32 Å². The van der Waals surface area contributed by atoms with Gasteiger partial charge in [-0.25, -0.2) is 8.42 Å². The molecular formula is C23H30N4O4S. The first kappa shape index (κ1) is 22.7. The fourth-order valence-corrected chi connectivity index (χ4v) is 6.38. The molecule has 1 atom stereocenters. The first-order valence-electron chi connectivity index (χ1n) is 11.4. The van der Waals surface area contributed by atoms with Crippen molar-refractivity contribution >= 4 is 32.7 Å². The lowest BCUT2D eigenvalue weighted by Crippen LogP contribution is -2.48. The summed E-state index contributed by atoms with van der Waals surface area (Å²) in [6, 6.07) is 7.94. The minimum atomic E-state index is -3.90. The van der Waals surface area contributed by atoms with E-state index < -0.39 is 16.1 Å². The summed E-state index contributed by atoms with van der Waals surface area (Å²) in [5.74, 6) is -0.270. The first-order chi connectivity index (χ1) is 15.5. The Hall–Kier alpha value is -2.52. The standard InChI is InChI=1S/C23H30N4O4S/c28-21-12-17-26(15-4-2-1-3-13-24-21)23(29)19-10-7-16-27(19)32(30,31)20-11-5-8-18-9-6-14-25-22(18)20/h5-6,8-9,11,14,19H,1-4,7,10,12-13,15-17H2,(H,24,28)/t19-/m0/s1. The monoisotopic (exact) mass is 458 g/mol. The van der Waals surface area contributed by atoms with Gasteiger partial charge in [0, 0.05) is 44.2 Å². The fraction of sp³-hybridized carbons (Fsp3) is 0.522. The lowest BCUT2D eigenvalue weighted by molar-refractivity contribution is -0.135. The molecule has 0 unspecified atom stereocenters. The molecule has 2 aromatic rings. The van der Waals surface area contributed by atoms with Crippen LogP contribution in [0.1, 0.15) is 44.9 Å². The molecule has 32 heavy (non-hydrogen) atoms. The van der Waals surface area contributed by atoms with Crippen molar-refractivity contribution in [3.05, 3.63) is 36.5 Å². The molecule has 2 aliphatic heterocycles. The summed E-state index contributed by atoms with van der Waals surface area (Å²) in [5, 5.41) is 3.63. The molecule has 1 aromatic heterocycles. The Labute approximate surface area is 189 Å². The van der Waals surface area contributed by atoms with Crippen LogP contribution in [-0.2, 0) is 19.6 Å². The third-order valence-corrected chi connectivity index (χ3v) is 8.21. The zero-order valence-corrected chi connectivity index (χ0v) is 19.0. The van der Waals surface area contributed by atoms with Gasteiger partial charge in [0.2, 0.25) is 21.8 Å². The highest BCUT2D eigenvalue weighted by atomic mass is 32.2. The Morgan fingerprint density at radius 3 is 2.69 bits per heavy atom. The van der Waals surface area contributed by atoms with E-state index in [1.165, 1.54) is 4.31 Å². The Balaban J connectivity index is 1.58. The topological polar surface area (TPSA) is 99.7 Å². The van der Waals surface area contributed by atoms with Crippen LogP contribution in [0.2, 0.25) is 0 Å². The Morgan fingerprint density at radius 2 is 1.81 bits per heavy atom. The number of para-hydroxylation sites is 1. The summed E-state index contributed by atoms with van der Waals surface area (Å²) in [7, 11) is -3.90. The van der Waals surface area contributed by atoms with Gasteiger partial charge < -0.3 is 10.2 Å². The summed E-state index contributed by atoms with van der Waals surface area (Å²) in [6.07, 6.45) is 6.70. The smallest absolute Gasteiger partial charge is 0.245 e. The maximum Gasteiger partial charge on any atom is 0.245 e. The van der Waals surface area contributed by atoms with Crippen molar-refractivity contribution in [2.45, 2.75) is 55.9 Å². The van der Waals surface area contributed by atoms with Crippen LogP contribution in [-0.4, -0.2) is 66.6 Å². The van der Waals surface area contributed by atoms with Gasteiger partial charge in [-0.3, -0.25) is 14.6 Å². The largest absolute Gasteiger partial charge is 0.356 e. The third-order valence-electron chi connectivity index (χ3n) is 6.27. The molecule has 9 heteroatoms. The number of carbonyl (C=O) groups is 2. The van der Waals surface area contributed by atoms with Crippen LogP contribution in [0.4, 0.5) is 0 Å². The van der Waals surface area contributed by atoms with Crippen molar-refractivity contribution in [1.82, 2.24) is 19.5 Å². The summed E-state index contributed by atoms with van der Waals surface area (Å²) in [5.41, 5.74) is 0.417. The number of sulfonamides is 1. The second-order valence-corrected chi connectivity index (χ2v) is 10.3. The second kappa shape index (κ2) is 9.95. The number of nitrogens with zero attached hydrogens (tertiary/aromatic N) is 3. The van der Waals surface area contributed by atoms with Gasteiger partial charge in [0.25, 0.3) is 0 Å². The predicted octanol–water partition coefficient (Wildman–Crippen LogP) is 2.30. The number of amides is 2. The van der Waals surface area contributed by atoms with Gasteiger partial charge >= 0.3 is 0 Å². The zero-order chi connectivity index (χ0) is 22.6. The summed E-state index contributed by atoms with van der Waals surface area (Å²) >= 11 is 0. The van der Waals surface area contributed by atoms with Crippen molar-refractivity contribution in [2.75, 3.05) is 26.2 Å². The van der Waals surface area contributed by atoms with Crippen LogP contribution in [0.3, 0.4) is 0 Å². The molecule has 0 aliphatic carbocycles. The van der Waals surface area contributed by atoms with E-state index in [-0.39, 0.29) is 23.1 Å². The number of hydrogen-bond acceptors (Lipinski definition) is 5. The summed E-state index contributed by atoms with van der Waals surface area (Å²) in [4.78, 5) is 31.7. The van der Waals surface area contributed by atoms with Crippen molar-refractivity contribution in [2.24, 2.45) is 0 Å². The number of hydrogen-bond donors (Lipinski definition) is 1. The van der Waals surface area contributed by atoms with Crippen molar-refractivity contribution < 1.29 is 18.0 Å². The molecule has 2 saturated heterocycles. The van der Waals surface area contributed by atoms with Crippen molar-refractivity contribution in [3.8, 4) is 0 Å². The van der Waals surface area contributed by atoms with Crippen LogP contribution >= 0.6 is 0 Å². The SMILES string of the molecule is O=C1CCN(C(=O)[C@@H]2CCCN2S(=O)(=O)c2cccc3cccnc23)CCCCCCN1. The number of fused-ring (bicyclic) bond motifs is 1. The van der Waals surface area contributed by atoms with Crippen molar-refractivity contribution in [3.63, 3.8) is 0 Å². The molecule has 2 amide bonds. The van der Waals surface area contributed by atoms with E-state index in [9.17, 15) is 18.0 Å². The number of nitrogens with one attached hydrogen (secondary N) is 1. The molecule has 3 heterocycles. The van der Waals surface area contributed by atoms with Gasteiger partial charge in [-0.05, 0) is 37.8 Å². The average Bonchev–Trinajstić information content (AvgIpc) is 3.28. The van der Waals surface area contributed by atoms with Crippen LogP contribution in [0.5, 0.6) is 0 Å².